The maximum atomic E-state index is 12.5. The van der Waals surface area contributed by atoms with Gasteiger partial charge in [0.2, 0.25) is 5.91 Å². The number of nitrogens with one attached hydrogen (secondary N) is 1. The number of aliphatic hydroxyl groups excluding tert-OH is 2. The van der Waals surface area contributed by atoms with Crippen LogP contribution in [0.3, 0.4) is 0 Å². The van der Waals surface area contributed by atoms with E-state index in [0.29, 0.717) is 19.4 Å². The molecule has 0 aromatic heterocycles. The van der Waals surface area contributed by atoms with E-state index in [4.69, 9.17) is 4.74 Å². The van der Waals surface area contributed by atoms with Crippen molar-refractivity contribution in [2.24, 2.45) is 0 Å². The second-order valence-corrected chi connectivity index (χ2v) is 23.9. The molecule has 0 fully saturated rings. The summed E-state index contributed by atoms with van der Waals surface area (Å²) >= 11 is 0. The largest absolute Gasteiger partial charge is 0.466 e. The van der Waals surface area contributed by atoms with Crippen molar-refractivity contribution in [3.8, 4) is 0 Å². The molecule has 2 unspecified atom stereocenters. The van der Waals surface area contributed by atoms with Gasteiger partial charge in [-0.3, -0.25) is 9.59 Å². The standard InChI is InChI=1S/C70H135NO5/c1-3-5-7-9-11-13-15-17-19-21-30-34-38-42-46-50-54-58-62-68(73)67(66-72)71-69(74)63-59-55-51-47-43-39-35-31-28-26-24-23-25-27-29-33-37-41-45-49-53-57-61-65-76-70(75)64-60-56-52-48-44-40-36-32-22-20-18-16-14-12-10-8-6-4-2/h20,22,58,62,67-68,72-73H,3-19,21,23-57,59-61,63-66H2,1-2H3,(H,71,74)/b22-20-,62-58+. The minimum Gasteiger partial charge on any atom is -0.466 e. The number of carbonyl (C=O) groups is 2. The third-order valence-electron chi connectivity index (χ3n) is 16.2. The molecule has 6 nitrogen and oxygen atoms in total. The van der Waals surface area contributed by atoms with Crippen molar-refractivity contribution >= 4 is 11.9 Å². The molecule has 0 heterocycles. The van der Waals surface area contributed by atoms with Gasteiger partial charge in [0.25, 0.3) is 0 Å². The fourth-order valence-corrected chi connectivity index (χ4v) is 10.9. The average molecular weight is 1070 g/mol. The fourth-order valence-electron chi connectivity index (χ4n) is 10.9. The van der Waals surface area contributed by atoms with E-state index in [1.165, 1.54) is 315 Å². The zero-order valence-electron chi connectivity index (χ0n) is 51.5. The van der Waals surface area contributed by atoms with Crippen molar-refractivity contribution in [3.63, 3.8) is 0 Å². The van der Waals surface area contributed by atoms with Gasteiger partial charge in [0.05, 0.1) is 25.4 Å². The van der Waals surface area contributed by atoms with E-state index in [2.05, 4.69) is 31.3 Å². The molecule has 3 N–H and O–H groups in total. The van der Waals surface area contributed by atoms with Crippen LogP contribution in [0.5, 0.6) is 0 Å². The van der Waals surface area contributed by atoms with Gasteiger partial charge < -0.3 is 20.3 Å². The lowest BCUT2D eigenvalue weighted by atomic mass is 10.0. The Labute approximate surface area is 475 Å². The minimum atomic E-state index is -0.844. The summed E-state index contributed by atoms with van der Waals surface area (Å²) in [7, 11) is 0. The summed E-state index contributed by atoms with van der Waals surface area (Å²) in [6.45, 7) is 4.93. The molecule has 2 atom stereocenters. The smallest absolute Gasteiger partial charge is 0.305 e. The van der Waals surface area contributed by atoms with Crippen molar-refractivity contribution in [3.05, 3.63) is 24.3 Å². The molecule has 450 valence electrons. The van der Waals surface area contributed by atoms with Gasteiger partial charge in [0.15, 0.2) is 0 Å². The average Bonchev–Trinajstić information content (AvgIpc) is 3.42. The maximum Gasteiger partial charge on any atom is 0.305 e. The Morgan fingerprint density at radius 3 is 0.934 bits per heavy atom. The molecule has 0 aliphatic rings. The molecule has 0 aliphatic heterocycles. The number of esters is 1. The Morgan fingerprint density at radius 1 is 0.355 bits per heavy atom. The van der Waals surface area contributed by atoms with Gasteiger partial charge in [-0.2, -0.15) is 0 Å². The molecular formula is C70H135NO5. The first kappa shape index (κ1) is 74.3. The number of aliphatic hydroxyl groups is 2. The molecule has 0 saturated carbocycles. The monoisotopic (exact) mass is 1070 g/mol. The van der Waals surface area contributed by atoms with Crippen LogP contribution < -0.4 is 5.32 Å². The molecule has 0 aromatic carbocycles. The number of ether oxygens (including phenoxy) is 1. The van der Waals surface area contributed by atoms with Crippen LogP contribution in [-0.2, 0) is 14.3 Å². The topological polar surface area (TPSA) is 95.9 Å². The van der Waals surface area contributed by atoms with Crippen molar-refractivity contribution in [1.29, 1.82) is 0 Å². The number of amides is 1. The van der Waals surface area contributed by atoms with Gasteiger partial charge >= 0.3 is 5.97 Å². The highest BCUT2D eigenvalue weighted by Crippen LogP contribution is 2.18. The van der Waals surface area contributed by atoms with E-state index in [9.17, 15) is 19.8 Å². The molecule has 1 amide bonds. The van der Waals surface area contributed by atoms with Crippen LogP contribution in [0.4, 0.5) is 0 Å². The predicted molar refractivity (Wildman–Crippen MR) is 333 cm³/mol. The Bertz CT molecular complexity index is 1190. The lowest BCUT2D eigenvalue weighted by molar-refractivity contribution is -0.143. The molecule has 6 heteroatoms. The number of unbranched alkanes of at least 4 members (excludes halogenated alkanes) is 52. The number of hydrogen-bond donors (Lipinski definition) is 3. The molecule has 0 aromatic rings. The molecule has 0 saturated heterocycles. The summed E-state index contributed by atoms with van der Waals surface area (Å²) in [4.78, 5) is 24.6. The quantitative estimate of drug-likeness (QED) is 0.0320. The molecule has 0 bridgehead atoms. The normalized spacial score (nSPS) is 12.6. The summed E-state index contributed by atoms with van der Waals surface area (Å²) < 4.78 is 5.50. The summed E-state index contributed by atoms with van der Waals surface area (Å²) in [5.41, 5.74) is 0. The number of hydrogen-bond acceptors (Lipinski definition) is 5. The van der Waals surface area contributed by atoms with Crippen LogP contribution in [-0.4, -0.2) is 47.4 Å². The van der Waals surface area contributed by atoms with Crippen LogP contribution in [0.25, 0.3) is 0 Å². The number of allylic oxidation sites excluding steroid dienone is 3. The van der Waals surface area contributed by atoms with E-state index in [1.807, 2.05) is 6.08 Å². The van der Waals surface area contributed by atoms with E-state index in [-0.39, 0.29) is 18.5 Å². The predicted octanol–water partition coefficient (Wildman–Crippen LogP) is 22.1. The number of carbonyl (C=O) groups excluding carboxylic acids is 2. The van der Waals surface area contributed by atoms with E-state index >= 15 is 0 Å². The highest BCUT2D eigenvalue weighted by atomic mass is 16.5. The van der Waals surface area contributed by atoms with E-state index in [1.54, 1.807) is 6.08 Å². The second-order valence-electron chi connectivity index (χ2n) is 23.9. The van der Waals surface area contributed by atoms with Gasteiger partial charge in [-0.25, -0.2) is 0 Å². The zero-order chi connectivity index (χ0) is 55.0. The Balaban J connectivity index is 3.38. The first-order chi connectivity index (χ1) is 37.5. The molecule has 0 spiro atoms. The zero-order valence-corrected chi connectivity index (χ0v) is 51.5. The third-order valence-corrected chi connectivity index (χ3v) is 16.2. The van der Waals surface area contributed by atoms with Crippen molar-refractivity contribution in [2.75, 3.05) is 13.2 Å². The van der Waals surface area contributed by atoms with Gasteiger partial charge in [0.1, 0.15) is 0 Å². The van der Waals surface area contributed by atoms with Crippen molar-refractivity contribution in [1.82, 2.24) is 5.32 Å². The summed E-state index contributed by atoms with van der Waals surface area (Å²) in [5, 5.41) is 23.2. The lowest BCUT2D eigenvalue weighted by Gasteiger charge is -2.20. The van der Waals surface area contributed by atoms with Gasteiger partial charge in [0, 0.05) is 12.8 Å². The Morgan fingerprint density at radius 2 is 0.618 bits per heavy atom. The first-order valence-corrected chi connectivity index (χ1v) is 34.6. The van der Waals surface area contributed by atoms with Crippen LogP contribution in [0, 0.1) is 0 Å². The highest BCUT2D eigenvalue weighted by molar-refractivity contribution is 5.76. The third kappa shape index (κ3) is 61.6. The highest BCUT2D eigenvalue weighted by Gasteiger charge is 2.18. The van der Waals surface area contributed by atoms with Gasteiger partial charge in [-0.05, 0) is 57.8 Å². The van der Waals surface area contributed by atoms with Gasteiger partial charge in [-0.1, -0.05) is 340 Å². The Hall–Kier alpha value is -1.66. The number of rotatable bonds is 65. The second kappa shape index (κ2) is 65.9. The molecule has 0 radical (unpaired) electrons. The molecular weight excluding hydrogens is 935 g/mol. The fraction of sp³-hybridized carbons (Fsp3) is 0.914. The van der Waals surface area contributed by atoms with Gasteiger partial charge in [-0.15, -0.1) is 0 Å². The van der Waals surface area contributed by atoms with E-state index in [0.717, 1.165) is 44.9 Å². The SMILES string of the molecule is CCCCCCCCC/C=C\CCCCCCCCCC(=O)OCCCCCCCCCCCCCCCCCCCCCCCCCC(=O)NC(CO)C(O)/C=C/CCCCCCCCCCCCCCCCCC. The van der Waals surface area contributed by atoms with Crippen LogP contribution >= 0.6 is 0 Å². The maximum absolute atomic E-state index is 12.5. The van der Waals surface area contributed by atoms with E-state index < -0.39 is 12.1 Å². The lowest BCUT2D eigenvalue weighted by Crippen LogP contribution is -2.45. The molecule has 76 heavy (non-hydrogen) atoms. The summed E-state index contributed by atoms with van der Waals surface area (Å²) in [6.07, 6.45) is 82.4. The Kier molecular flexibility index (Phi) is 64.4. The molecule has 0 aliphatic carbocycles. The van der Waals surface area contributed by atoms with Crippen molar-refractivity contribution < 1.29 is 24.5 Å². The van der Waals surface area contributed by atoms with Crippen LogP contribution in [0.1, 0.15) is 386 Å². The van der Waals surface area contributed by atoms with Crippen LogP contribution in [0.2, 0.25) is 0 Å². The van der Waals surface area contributed by atoms with Crippen molar-refractivity contribution in [2.45, 2.75) is 398 Å². The summed E-state index contributed by atoms with van der Waals surface area (Å²) in [5.74, 6) is -0.0524. The minimum absolute atomic E-state index is 0.0118. The van der Waals surface area contributed by atoms with Crippen LogP contribution in [0.15, 0.2) is 24.3 Å². The molecule has 0 rings (SSSR count). The first-order valence-electron chi connectivity index (χ1n) is 34.6. The summed E-state index contributed by atoms with van der Waals surface area (Å²) in [6, 6.07) is -0.628.